The second-order valence-corrected chi connectivity index (χ2v) is 12.4. The Balaban J connectivity index is 1.95. The fourth-order valence-electron chi connectivity index (χ4n) is 4.63. The predicted molar refractivity (Wildman–Crippen MR) is 142 cm³/mol. The van der Waals surface area contributed by atoms with Gasteiger partial charge in [-0.2, -0.15) is 0 Å². The van der Waals surface area contributed by atoms with Gasteiger partial charge < -0.3 is 5.11 Å². The minimum absolute atomic E-state index is 0.00994. The number of aliphatic carboxylic acids is 1. The largest absolute Gasteiger partial charge is 0.480 e. The molecule has 3 atom stereocenters. The molecule has 1 N–H and O–H groups in total. The molecule has 200 valence electrons. The maximum Gasteiger partial charge on any atom is 0.328 e. The van der Waals surface area contributed by atoms with Crippen LogP contribution in [0.3, 0.4) is 0 Å². The predicted octanol–water partition coefficient (Wildman–Crippen LogP) is 4.50. The molecule has 1 aliphatic rings. The highest BCUT2D eigenvalue weighted by atomic mass is 35.5. The summed E-state index contributed by atoms with van der Waals surface area (Å²) in [5, 5.41) is 12.4. The van der Waals surface area contributed by atoms with E-state index in [1.807, 2.05) is 0 Å². The highest BCUT2D eigenvalue weighted by molar-refractivity contribution is 7.90. The molecule has 0 heterocycles. The van der Waals surface area contributed by atoms with Crippen LogP contribution in [-0.2, 0) is 25.8 Å². The summed E-state index contributed by atoms with van der Waals surface area (Å²) < 4.78 is 23.0. The highest BCUT2D eigenvalue weighted by Gasteiger charge is 2.44. The molecule has 0 bridgehead atoms. The Kier molecular flexibility index (Phi) is 9.98. The minimum Gasteiger partial charge on any atom is -0.480 e. The topological polar surface area (TPSA) is 112 Å². The fourth-order valence-corrected chi connectivity index (χ4v) is 5.92. The molecule has 1 aliphatic carbocycles. The molecule has 2 aromatic carbocycles. The lowest BCUT2D eigenvalue weighted by molar-refractivity contribution is -0.164. The van der Waals surface area contributed by atoms with E-state index < -0.39 is 33.8 Å². The van der Waals surface area contributed by atoms with Gasteiger partial charge in [-0.15, -0.1) is 0 Å². The minimum atomic E-state index is -3.08. The van der Waals surface area contributed by atoms with Crippen molar-refractivity contribution in [2.75, 3.05) is 12.0 Å². The van der Waals surface area contributed by atoms with E-state index >= 15 is 0 Å². The fraction of sp³-hybridized carbons (Fsp3) is 0.423. The number of hydrogen-bond donors (Lipinski definition) is 1. The second-order valence-electron chi connectivity index (χ2n) is 9.31. The molecule has 8 nitrogen and oxygen atoms in total. The Morgan fingerprint density at radius 3 is 2.22 bits per heavy atom. The number of carbonyl (C=O) groups is 3. The zero-order valence-corrected chi connectivity index (χ0v) is 22.8. The van der Waals surface area contributed by atoms with Crippen molar-refractivity contribution in [3.8, 4) is 0 Å². The van der Waals surface area contributed by atoms with Gasteiger partial charge in [-0.05, 0) is 49.3 Å². The number of amides is 2. The van der Waals surface area contributed by atoms with Crippen molar-refractivity contribution in [1.29, 1.82) is 0 Å². The van der Waals surface area contributed by atoms with Gasteiger partial charge in [0.05, 0.1) is 21.7 Å². The van der Waals surface area contributed by atoms with Crippen molar-refractivity contribution in [3.63, 3.8) is 0 Å². The highest BCUT2D eigenvalue weighted by Crippen LogP contribution is 2.39. The lowest BCUT2D eigenvalue weighted by atomic mass is 9.76. The normalized spacial score (nSPS) is 17.9. The summed E-state index contributed by atoms with van der Waals surface area (Å²) >= 11 is 12.6. The number of halogens is 2. The van der Waals surface area contributed by atoms with Gasteiger partial charge in [0.2, 0.25) is 6.41 Å². The van der Waals surface area contributed by atoms with Crippen LogP contribution in [0.1, 0.15) is 48.0 Å². The van der Waals surface area contributed by atoms with Gasteiger partial charge in [-0.1, -0.05) is 66.0 Å². The molecular formula is C26H30Cl2N2O6S. The quantitative estimate of drug-likeness (QED) is 0.216. The van der Waals surface area contributed by atoms with Gasteiger partial charge in [0.15, 0.2) is 6.04 Å². The molecule has 2 aromatic rings. The van der Waals surface area contributed by atoms with E-state index in [9.17, 15) is 27.9 Å². The third kappa shape index (κ3) is 7.46. The Labute approximate surface area is 227 Å². The summed E-state index contributed by atoms with van der Waals surface area (Å²) in [6, 6.07) is 11.6. The number of benzene rings is 2. The summed E-state index contributed by atoms with van der Waals surface area (Å²) in [4.78, 5) is 38.7. The van der Waals surface area contributed by atoms with Crippen LogP contribution in [0.25, 0.3) is 0 Å². The molecule has 1 saturated carbocycles. The van der Waals surface area contributed by atoms with Crippen LogP contribution >= 0.6 is 23.2 Å². The molecule has 2 unspecified atom stereocenters. The first kappa shape index (κ1) is 28.9. The molecule has 1 fully saturated rings. The first-order chi connectivity index (χ1) is 17.5. The van der Waals surface area contributed by atoms with Gasteiger partial charge in [0.25, 0.3) is 5.91 Å². The number of hydrogen-bond acceptors (Lipinski definition) is 5. The molecule has 37 heavy (non-hydrogen) atoms. The number of hydrazine groups is 1. The van der Waals surface area contributed by atoms with Gasteiger partial charge in [-0.3, -0.25) is 9.59 Å². The van der Waals surface area contributed by atoms with Crippen molar-refractivity contribution in [2.24, 2.45) is 5.92 Å². The van der Waals surface area contributed by atoms with Crippen LogP contribution in [0.4, 0.5) is 0 Å². The first-order valence-corrected chi connectivity index (χ1v) is 14.8. The van der Waals surface area contributed by atoms with E-state index in [1.54, 1.807) is 36.4 Å². The molecule has 0 radical (unpaired) electrons. The Morgan fingerprint density at radius 2 is 1.70 bits per heavy atom. The van der Waals surface area contributed by atoms with Crippen LogP contribution < -0.4 is 0 Å². The summed E-state index contributed by atoms with van der Waals surface area (Å²) in [5.41, 5.74) is 0.681. The third-order valence-corrected chi connectivity index (χ3v) is 8.31. The smallest absolute Gasteiger partial charge is 0.328 e. The maximum absolute atomic E-state index is 13.9. The van der Waals surface area contributed by atoms with Crippen LogP contribution in [0.5, 0.6) is 0 Å². The lowest BCUT2D eigenvalue weighted by Crippen LogP contribution is -2.62. The molecule has 0 aliphatic heterocycles. The van der Waals surface area contributed by atoms with Crippen LogP contribution in [0, 0.1) is 5.92 Å². The zero-order chi connectivity index (χ0) is 27.2. The number of sulfone groups is 1. The molecule has 3 rings (SSSR count). The number of unbranched alkanes of at least 4 members (excludes halogenated alkanes) is 1. The summed E-state index contributed by atoms with van der Waals surface area (Å²) in [5.74, 6) is -1.89. The van der Waals surface area contributed by atoms with Crippen molar-refractivity contribution < 1.29 is 27.9 Å². The number of carboxylic acid groups (broad SMARTS) is 1. The van der Waals surface area contributed by atoms with E-state index in [2.05, 4.69) is 0 Å². The lowest BCUT2D eigenvalue weighted by Gasteiger charge is -2.49. The van der Waals surface area contributed by atoms with Crippen LogP contribution in [-0.4, -0.2) is 65.9 Å². The Bertz CT molecular complexity index is 1200. The molecule has 11 heteroatoms. The monoisotopic (exact) mass is 568 g/mol. The maximum atomic E-state index is 13.9. The van der Waals surface area contributed by atoms with E-state index in [-0.39, 0.29) is 33.7 Å². The van der Waals surface area contributed by atoms with E-state index in [0.29, 0.717) is 37.7 Å². The van der Waals surface area contributed by atoms with Crippen molar-refractivity contribution in [2.45, 2.75) is 50.6 Å². The molecular weight excluding hydrogens is 539 g/mol. The van der Waals surface area contributed by atoms with E-state index in [0.717, 1.165) is 11.4 Å². The van der Waals surface area contributed by atoms with E-state index in [1.165, 1.54) is 23.4 Å². The zero-order valence-electron chi connectivity index (χ0n) is 20.4. The SMILES string of the molecule is CS(=O)(=O)CCCCC1CCC1N(C(=O)c1c(Cl)cccc1Cl)N(C=O)[C@@H](Cc1ccccc1)C(=O)O. The Hall–Kier alpha value is -2.62. The standard InChI is InChI=1S/C26H30Cl2N2O6S/c1-37(35,36)15-6-5-10-19-13-14-22(19)30(25(32)24-20(27)11-7-12-21(24)28)29(17-31)23(26(33)34)16-18-8-3-2-4-9-18/h2-4,7-9,11-12,17,19,22-23H,5-6,10,13-16H2,1H3,(H,33,34)/t19?,22?,23-/m0/s1. The summed E-state index contributed by atoms with van der Waals surface area (Å²) in [7, 11) is -3.08. The van der Waals surface area contributed by atoms with Crippen molar-refractivity contribution in [3.05, 3.63) is 69.7 Å². The van der Waals surface area contributed by atoms with Crippen LogP contribution in [0.2, 0.25) is 10.0 Å². The Morgan fingerprint density at radius 1 is 1.05 bits per heavy atom. The summed E-state index contributed by atoms with van der Waals surface area (Å²) in [6.45, 7) is 0. The molecule has 0 saturated heterocycles. The second kappa shape index (κ2) is 12.8. The average Bonchev–Trinajstić information content (AvgIpc) is 2.81. The van der Waals surface area contributed by atoms with Gasteiger partial charge in [0.1, 0.15) is 9.84 Å². The average molecular weight is 570 g/mol. The first-order valence-electron chi connectivity index (χ1n) is 12.0. The third-order valence-electron chi connectivity index (χ3n) is 6.65. The van der Waals surface area contributed by atoms with Crippen molar-refractivity contribution >= 4 is 51.3 Å². The number of nitrogens with zero attached hydrogens (tertiary/aromatic N) is 2. The van der Waals surface area contributed by atoms with Gasteiger partial charge in [0, 0.05) is 18.4 Å². The van der Waals surface area contributed by atoms with Gasteiger partial charge in [-0.25, -0.2) is 23.2 Å². The molecule has 0 spiro atoms. The number of carboxylic acids is 1. The van der Waals surface area contributed by atoms with E-state index in [4.69, 9.17) is 23.2 Å². The summed E-state index contributed by atoms with van der Waals surface area (Å²) in [6.07, 6.45) is 4.58. The number of carbonyl (C=O) groups excluding carboxylic acids is 2. The molecule has 0 aromatic heterocycles. The van der Waals surface area contributed by atoms with Crippen LogP contribution in [0.15, 0.2) is 48.5 Å². The van der Waals surface area contributed by atoms with Crippen molar-refractivity contribution in [1.82, 2.24) is 10.0 Å². The van der Waals surface area contributed by atoms with Gasteiger partial charge >= 0.3 is 5.97 Å². The molecule has 2 amide bonds. The number of rotatable bonds is 13.